The lowest BCUT2D eigenvalue weighted by atomic mass is 10.2. The minimum Gasteiger partial charge on any atom is -0.497 e. The highest BCUT2D eigenvalue weighted by Gasteiger charge is 2.33. The van der Waals surface area contributed by atoms with Crippen LogP contribution in [0.5, 0.6) is 17.2 Å². The zero-order valence-corrected chi connectivity index (χ0v) is 19.3. The molecule has 0 spiro atoms. The van der Waals surface area contributed by atoms with E-state index in [1.165, 1.54) is 16.7 Å². The molecular formula is C25H20N2O4S2. The van der Waals surface area contributed by atoms with Crippen molar-refractivity contribution >= 4 is 51.9 Å². The Balaban J connectivity index is 1.42. The number of nitrogens with one attached hydrogen (secondary N) is 1. The number of hydrogen-bond acceptors (Lipinski definition) is 6. The van der Waals surface area contributed by atoms with Gasteiger partial charge in [-0.1, -0.05) is 54.3 Å². The molecule has 3 aromatic rings. The summed E-state index contributed by atoms with van der Waals surface area (Å²) < 4.78 is 11.3. The summed E-state index contributed by atoms with van der Waals surface area (Å²) in [6.45, 7) is -0.162. The van der Waals surface area contributed by atoms with Crippen LogP contribution >= 0.6 is 24.0 Å². The Morgan fingerprint density at radius 1 is 1.00 bits per heavy atom. The molecule has 3 aromatic carbocycles. The van der Waals surface area contributed by atoms with Crippen molar-refractivity contribution in [1.29, 1.82) is 0 Å². The highest BCUT2D eigenvalue weighted by molar-refractivity contribution is 8.26. The third-order valence-corrected chi connectivity index (χ3v) is 6.06. The Morgan fingerprint density at radius 2 is 1.73 bits per heavy atom. The van der Waals surface area contributed by atoms with Gasteiger partial charge in [0.05, 0.1) is 12.0 Å². The molecule has 6 nitrogen and oxygen atoms in total. The average molecular weight is 477 g/mol. The molecule has 166 valence electrons. The fourth-order valence-corrected chi connectivity index (χ4v) is 4.35. The van der Waals surface area contributed by atoms with Gasteiger partial charge < -0.3 is 14.8 Å². The number of anilines is 1. The van der Waals surface area contributed by atoms with Gasteiger partial charge in [-0.2, -0.15) is 0 Å². The summed E-state index contributed by atoms with van der Waals surface area (Å²) in [6.07, 6.45) is 1.75. The number of benzene rings is 3. The van der Waals surface area contributed by atoms with Crippen molar-refractivity contribution in [2.75, 3.05) is 19.0 Å². The van der Waals surface area contributed by atoms with E-state index in [2.05, 4.69) is 5.32 Å². The number of thiocarbonyl (C=S) groups is 1. The fourth-order valence-electron chi connectivity index (χ4n) is 3.10. The summed E-state index contributed by atoms with van der Waals surface area (Å²) in [5.74, 6) is 1.43. The maximum atomic E-state index is 12.9. The van der Waals surface area contributed by atoms with Gasteiger partial charge in [-0.25, -0.2) is 0 Å². The van der Waals surface area contributed by atoms with Crippen LogP contribution in [0.1, 0.15) is 5.56 Å². The van der Waals surface area contributed by atoms with Gasteiger partial charge in [0, 0.05) is 5.69 Å². The van der Waals surface area contributed by atoms with Crippen LogP contribution in [0, 0.1) is 0 Å². The second-order valence-corrected chi connectivity index (χ2v) is 8.71. The third-order valence-electron chi connectivity index (χ3n) is 4.68. The topological polar surface area (TPSA) is 67.9 Å². The van der Waals surface area contributed by atoms with E-state index in [-0.39, 0.29) is 18.4 Å². The van der Waals surface area contributed by atoms with Crippen LogP contribution in [0.4, 0.5) is 5.69 Å². The molecule has 1 fully saturated rings. The Labute approximate surface area is 201 Å². The van der Waals surface area contributed by atoms with Gasteiger partial charge in [0.2, 0.25) is 5.91 Å². The molecule has 0 aromatic heterocycles. The van der Waals surface area contributed by atoms with E-state index in [0.29, 0.717) is 26.4 Å². The van der Waals surface area contributed by atoms with Crippen LogP contribution in [0.25, 0.3) is 6.08 Å². The molecule has 0 saturated carbocycles. The molecule has 0 unspecified atom stereocenters. The van der Waals surface area contributed by atoms with Crippen molar-refractivity contribution in [2.24, 2.45) is 0 Å². The summed E-state index contributed by atoms with van der Waals surface area (Å²) in [7, 11) is 1.57. The van der Waals surface area contributed by atoms with Gasteiger partial charge in [0.15, 0.2) is 0 Å². The van der Waals surface area contributed by atoms with E-state index >= 15 is 0 Å². The Morgan fingerprint density at radius 3 is 2.45 bits per heavy atom. The van der Waals surface area contributed by atoms with Crippen LogP contribution in [-0.2, 0) is 9.59 Å². The predicted octanol–water partition coefficient (Wildman–Crippen LogP) is 5.33. The monoisotopic (exact) mass is 476 g/mol. The maximum absolute atomic E-state index is 12.9. The lowest BCUT2D eigenvalue weighted by Crippen LogP contribution is -2.36. The lowest BCUT2D eigenvalue weighted by molar-refractivity contribution is -0.126. The summed E-state index contributed by atoms with van der Waals surface area (Å²) in [5, 5.41) is 2.76. The summed E-state index contributed by atoms with van der Waals surface area (Å²) >= 11 is 6.52. The van der Waals surface area contributed by atoms with Crippen LogP contribution in [0.15, 0.2) is 83.8 Å². The molecule has 1 aliphatic rings. The highest BCUT2D eigenvalue weighted by Crippen LogP contribution is 2.33. The van der Waals surface area contributed by atoms with E-state index in [1.54, 1.807) is 37.5 Å². The number of rotatable bonds is 7. The number of carbonyl (C=O) groups is 2. The van der Waals surface area contributed by atoms with E-state index in [1.807, 2.05) is 54.6 Å². The Bertz CT molecular complexity index is 1210. The Kier molecular flexibility index (Phi) is 7.07. The molecule has 33 heavy (non-hydrogen) atoms. The number of thioether (sulfide) groups is 1. The molecule has 1 aliphatic heterocycles. The molecule has 0 aliphatic carbocycles. The number of hydrogen-bond donors (Lipinski definition) is 1. The molecule has 8 heteroatoms. The summed E-state index contributed by atoms with van der Waals surface area (Å²) in [4.78, 5) is 27.1. The highest BCUT2D eigenvalue weighted by atomic mass is 32.2. The summed E-state index contributed by atoms with van der Waals surface area (Å²) in [5.41, 5.74) is 1.41. The molecule has 1 saturated heterocycles. The molecule has 0 radical (unpaired) electrons. The van der Waals surface area contributed by atoms with Gasteiger partial charge in [-0.05, 0) is 60.2 Å². The quantitative estimate of drug-likeness (QED) is 0.367. The first-order chi connectivity index (χ1) is 16.0. The molecule has 0 bridgehead atoms. The van der Waals surface area contributed by atoms with Crippen LogP contribution < -0.4 is 14.8 Å². The van der Waals surface area contributed by atoms with Gasteiger partial charge in [0.25, 0.3) is 5.91 Å². The number of ether oxygens (including phenoxy) is 2. The number of para-hydroxylation sites is 1. The van der Waals surface area contributed by atoms with Gasteiger partial charge >= 0.3 is 0 Å². The molecule has 0 atom stereocenters. The number of carbonyl (C=O) groups excluding carboxylic acids is 2. The zero-order valence-electron chi connectivity index (χ0n) is 17.7. The first kappa shape index (κ1) is 22.6. The Hall–Kier alpha value is -3.62. The van der Waals surface area contributed by atoms with Crippen LogP contribution in [0.2, 0.25) is 0 Å². The van der Waals surface area contributed by atoms with Gasteiger partial charge in [-0.15, -0.1) is 0 Å². The first-order valence-corrected chi connectivity index (χ1v) is 11.3. The van der Waals surface area contributed by atoms with Gasteiger partial charge in [0.1, 0.15) is 28.1 Å². The fraction of sp³-hybridized carbons (Fsp3) is 0.0800. The minimum absolute atomic E-state index is 0.162. The van der Waals surface area contributed by atoms with E-state index in [9.17, 15) is 9.59 Å². The van der Waals surface area contributed by atoms with Crippen molar-refractivity contribution in [3.05, 3.63) is 89.3 Å². The van der Waals surface area contributed by atoms with Crippen molar-refractivity contribution in [3.8, 4) is 17.2 Å². The lowest BCUT2D eigenvalue weighted by Gasteiger charge is -2.14. The minimum atomic E-state index is -0.337. The van der Waals surface area contributed by atoms with Crippen molar-refractivity contribution in [2.45, 2.75) is 0 Å². The average Bonchev–Trinajstić information content (AvgIpc) is 3.07. The SMILES string of the molecule is COc1ccc(NC(=O)CN2C(=O)/C(=C/c3cccc(Oc4ccccc4)c3)SC2=S)cc1. The van der Waals surface area contributed by atoms with E-state index in [4.69, 9.17) is 21.7 Å². The number of amides is 2. The van der Waals surface area contributed by atoms with Crippen molar-refractivity contribution < 1.29 is 19.1 Å². The van der Waals surface area contributed by atoms with Crippen LogP contribution in [0.3, 0.4) is 0 Å². The number of methoxy groups -OCH3 is 1. The molecule has 2 amide bonds. The first-order valence-electron chi connectivity index (χ1n) is 10.0. The molecule has 4 rings (SSSR count). The molecular weight excluding hydrogens is 456 g/mol. The van der Waals surface area contributed by atoms with E-state index < -0.39 is 0 Å². The normalized spacial score (nSPS) is 14.5. The van der Waals surface area contributed by atoms with Crippen molar-refractivity contribution in [3.63, 3.8) is 0 Å². The van der Waals surface area contributed by atoms with Crippen molar-refractivity contribution in [1.82, 2.24) is 4.90 Å². The van der Waals surface area contributed by atoms with Crippen LogP contribution in [-0.4, -0.2) is 34.7 Å². The molecule has 1 N–H and O–H groups in total. The maximum Gasteiger partial charge on any atom is 0.266 e. The van der Waals surface area contributed by atoms with Gasteiger partial charge in [-0.3, -0.25) is 14.5 Å². The number of nitrogens with zero attached hydrogens (tertiary/aromatic N) is 1. The van der Waals surface area contributed by atoms with E-state index in [0.717, 1.165) is 11.3 Å². The predicted molar refractivity (Wildman–Crippen MR) is 134 cm³/mol. The second-order valence-electron chi connectivity index (χ2n) is 7.03. The zero-order chi connectivity index (χ0) is 23.2. The largest absolute Gasteiger partial charge is 0.497 e. The third kappa shape index (κ3) is 5.79. The smallest absolute Gasteiger partial charge is 0.266 e. The molecule has 1 heterocycles. The summed E-state index contributed by atoms with van der Waals surface area (Å²) in [6, 6.07) is 23.8. The second kappa shape index (κ2) is 10.3. The standard InChI is InChI=1S/C25H20N2O4S2/c1-30-19-12-10-18(11-13-19)26-23(28)16-27-24(29)22(33-25(27)32)15-17-6-5-9-21(14-17)31-20-7-3-2-4-8-20/h2-15H,16H2,1H3,(H,26,28)/b22-15-.